The summed E-state index contributed by atoms with van der Waals surface area (Å²) < 4.78 is 0. The molecule has 0 radical (unpaired) electrons. The first-order chi connectivity index (χ1) is 16.1. The summed E-state index contributed by atoms with van der Waals surface area (Å²) in [5, 5.41) is 10.7. The zero-order valence-corrected chi connectivity index (χ0v) is 18.9. The van der Waals surface area contributed by atoms with E-state index in [9.17, 15) is 14.4 Å². The van der Waals surface area contributed by atoms with Gasteiger partial charge in [-0.25, -0.2) is 0 Å². The van der Waals surface area contributed by atoms with Gasteiger partial charge in [-0.3, -0.25) is 19.3 Å². The number of anilines is 2. The molecule has 170 valence electrons. The van der Waals surface area contributed by atoms with Crippen LogP contribution in [0.15, 0.2) is 72.1 Å². The fraction of sp³-hybridized carbons (Fsp3) is 0.240. The minimum absolute atomic E-state index is 0.0356. The lowest BCUT2D eigenvalue weighted by Gasteiger charge is -2.31. The molecule has 0 bridgehead atoms. The van der Waals surface area contributed by atoms with Gasteiger partial charge in [-0.15, -0.1) is 11.3 Å². The molecule has 0 atom stereocenters. The Morgan fingerprint density at radius 3 is 2.30 bits per heavy atom. The summed E-state index contributed by atoms with van der Waals surface area (Å²) in [4.78, 5) is 40.4. The van der Waals surface area contributed by atoms with Crippen LogP contribution in [0.3, 0.4) is 0 Å². The second kappa shape index (κ2) is 10.9. The van der Waals surface area contributed by atoms with Crippen LogP contribution in [0, 0.1) is 0 Å². The smallest absolute Gasteiger partial charge is 0.261 e. The van der Waals surface area contributed by atoms with E-state index < -0.39 is 0 Å². The van der Waals surface area contributed by atoms with Crippen LogP contribution < -0.4 is 16.0 Å². The first-order valence-corrected chi connectivity index (χ1v) is 11.8. The number of hydrogen-bond donors (Lipinski definition) is 3. The van der Waals surface area contributed by atoms with Crippen molar-refractivity contribution in [1.82, 2.24) is 10.2 Å². The van der Waals surface area contributed by atoms with E-state index in [0.29, 0.717) is 21.8 Å². The zero-order valence-electron chi connectivity index (χ0n) is 18.1. The largest absolute Gasteiger partial charge is 0.349 e. The Hall–Kier alpha value is -3.49. The van der Waals surface area contributed by atoms with Gasteiger partial charge in [0.25, 0.3) is 11.8 Å². The van der Waals surface area contributed by atoms with Gasteiger partial charge in [-0.2, -0.15) is 0 Å². The molecule has 1 aromatic heterocycles. The minimum Gasteiger partial charge on any atom is -0.349 e. The maximum Gasteiger partial charge on any atom is 0.261 e. The molecular weight excluding hydrogens is 436 g/mol. The van der Waals surface area contributed by atoms with Gasteiger partial charge in [0.2, 0.25) is 5.91 Å². The first-order valence-electron chi connectivity index (χ1n) is 10.9. The molecule has 0 spiro atoms. The summed E-state index contributed by atoms with van der Waals surface area (Å²) in [7, 11) is 0. The highest BCUT2D eigenvalue weighted by Gasteiger charge is 2.23. The third-order valence-electron chi connectivity index (χ3n) is 5.51. The standard InChI is InChI=1S/C25H26N4O3S/c30-23(17-29-14-12-19(13-15-29)27-25(32)22-11-6-16-33-22)28-21-10-5-4-9-20(21)24(31)26-18-7-2-1-3-8-18/h1-11,16,19H,12-15,17H2,(H,26,31)(H,27,32)(H,28,30). The van der Waals surface area contributed by atoms with Gasteiger partial charge in [0.05, 0.1) is 22.7 Å². The molecule has 33 heavy (non-hydrogen) atoms. The Balaban J connectivity index is 1.27. The topological polar surface area (TPSA) is 90.5 Å². The van der Waals surface area contributed by atoms with Gasteiger partial charge < -0.3 is 16.0 Å². The third-order valence-corrected chi connectivity index (χ3v) is 6.38. The summed E-state index contributed by atoms with van der Waals surface area (Å²) in [5.41, 5.74) is 1.58. The van der Waals surface area contributed by atoms with Gasteiger partial charge in [0, 0.05) is 24.8 Å². The van der Waals surface area contributed by atoms with Crippen LogP contribution in [0.1, 0.15) is 32.9 Å². The Bertz CT molecular complexity index is 1090. The first kappa shape index (κ1) is 22.7. The van der Waals surface area contributed by atoms with Gasteiger partial charge in [-0.05, 0) is 48.6 Å². The van der Waals surface area contributed by atoms with Crippen LogP contribution in [0.2, 0.25) is 0 Å². The number of benzene rings is 2. The van der Waals surface area contributed by atoms with Crippen molar-refractivity contribution in [3.05, 3.63) is 82.6 Å². The fourth-order valence-electron chi connectivity index (χ4n) is 3.80. The molecule has 1 aliphatic rings. The highest BCUT2D eigenvalue weighted by molar-refractivity contribution is 7.12. The van der Waals surface area contributed by atoms with Crippen molar-refractivity contribution in [2.75, 3.05) is 30.3 Å². The fourth-order valence-corrected chi connectivity index (χ4v) is 4.43. The SMILES string of the molecule is O=C(CN1CCC(NC(=O)c2cccs2)CC1)Nc1ccccc1C(=O)Nc1ccccc1. The van der Waals surface area contributed by atoms with E-state index in [-0.39, 0.29) is 30.3 Å². The van der Waals surface area contributed by atoms with Crippen molar-refractivity contribution >= 4 is 40.4 Å². The van der Waals surface area contributed by atoms with Crippen LogP contribution in [0.4, 0.5) is 11.4 Å². The van der Waals surface area contributed by atoms with Gasteiger partial charge in [0.15, 0.2) is 0 Å². The molecule has 3 N–H and O–H groups in total. The van der Waals surface area contributed by atoms with E-state index in [1.165, 1.54) is 11.3 Å². The molecule has 0 aliphatic carbocycles. The molecule has 1 saturated heterocycles. The van der Waals surface area contributed by atoms with Crippen molar-refractivity contribution in [2.24, 2.45) is 0 Å². The Morgan fingerprint density at radius 2 is 1.58 bits per heavy atom. The Labute approximate surface area is 196 Å². The molecule has 0 unspecified atom stereocenters. The molecule has 4 rings (SSSR count). The maximum atomic E-state index is 12.7. The molecule has 7 nitrogen and oxygen atoms in total. The third kappa shape index (κ3) is 6.27. The van der Waals surface area contributed by atoms with E-state index >= 15 is 0 Å². The number of carbonyl (C=O) groups is 3. The number of nitrogens with zero attached hydrogens (tertiary/aromatic N) is 1. The Morgan fingerprint density at radius 1 is 0.848 bits per heavy atom. The second-order valence-electron chi connectivity index (χ2n) is 7.92. The lowest BCUT2D eigenvalue weighted by molar-refractivity contribution is -0.117. The predicted molar refractivity (Wildman–Crippen MR) is 131 cm³/mol. The highest BCUT2D eigenvalue weighted by Crippen LogP contribution is 2.18. The maximum absolute atomic E-state index is 12.7. The van der Waals surface area contributed by atoms with Crippen molar-refractivity contribution in [3.63, 3.8) is 0 Å². The molecular formula is C25H26N4O3S. The Kier molecular flexibility index (Phi) is 7.49. The number of para-hydroxylation sites is 2. The lowest BCUT2D eigenvalue weighted by atomic mass is 10.0. The lowest BCUT2D eigenvalue weighted by Crippen LogP contribution is -2.46. The second-order valence-corrected chi connectivity index (χ2v) is 8.86. The molecule has 2 heterocycles. The number of hydrogen-bond acceptors (Lipinski definition) is 5. The number of nitrogens with one attached hydrogen (secondary N) is 3. The molecule has 1 fully saturated rings. The zero-order chi connectivity index (χ0) is 23.0. The number of thiophene rings is 1. The number of piperidine rings is 1. The van der Waals surface area contributed by atoms with Crippen LogP contribution in [-0.2, 0) is 4.79 Å². The molecule has 3 amide bonds. The van der Waals surface area contributed by atoms with Crippen LogP contribution in [-0.4, -0.2) is 48.3 Å². The predicted octanol–water partition coefficient (Wildman–Crippen LogP) is 3.83. The summed E-state index contributed by atoms with van der Waals surface area (Å²) >= 11 is 1.43. The molecule has 1 aliphatic heterocycles. The van der Waals surface area contributed by atoms with E-state index in [2.05, 4.69) is 20.9 Å². The van der Waals surface area contributed by atoms with Crippen LogP contribution >= 0.6 is 11.3 Å². The summed E-state index contributed by atoms with van der Waals surface area (Å²) in [6, 6.07) is 20.0. The van der Waals surface area contributed by atoms with E-state index in [0.717, 1.165) is 25.9 Å². The summed E-state index contributed by atoms with van der Waals surface area (Å²) in [5.74, 6) is -0.484. The number of carbonyl (C=O) groups excluding carboxylic acids is 3. The van der Waals surface area contributed by atoms with Crippen molar-refractivity contribution < 1.29 is 14.4 Å². The highest BCUT2D eigenvalue weighted by atomic mass is 32.1. The average Bonchev–Trinajstić information content (AvgIpc) is 3.37. The van der Waals surface area contributed by atoms with Crippen LogP contribution in [0.5, 0.6) is 0 Å². The van der Waals surface area contributed by atoms with Crippen molar-refractivity contribution in [1.29, 1.82) is 0 Å². The normalized spacial score (nSPS) is 14.4. The summed E-state index contributed by atoms with van der Waals surface area (Å²) in [6.07, 6.45) is 1.58. The molecule has 0 saturated carbocycles. The minimum atomic E-state index is -0.278. The van der Waals surface area contributed by atoms with Crippen molar-refractivity contribution in [2.45, 2.75) is 18.9 Å². The van der Waals surface area contributed by atoms with Crippen molar-refractivity contribution in [3.8, 4) is 0 Å². The van der Waals surface area contributed by atoms with Gasteiger partial charge >= 0.3 is 0 Å². The van der Waals surface area contributed by atoms with E-state index in [1.54, 1.807) is 24.3 Å². The van der Waals surface area contributed by atoms with E-state index in [1.807, 2.05) is 47.8 Å². The monoisotopic (exact) mass is 462 g/mol. The van der Waals surface area contributed by atoms with Gasteiger partial charge in [-0.1, -0.05) is 36.4 Å². The van der Waals surface area contributed by atoms with Crippen LogP contribution in [0.25, 0.3) is 0 Å². The number of amides is 3. The average molecular weight is 463 g/mol. The molecule has 2 aromatic carbocycles. The number of likely N-dealkylation sites (tertiary alicyclic amines) is 1. The van der Waals surface area contributed by atoms with E-state index in [4.69, 9.17) is 0 Å². The summed E-state index contributed by atoms with van der Waals surface area (Å²) in [6.45, 7) is 1.68. The quantitative estimate of drug-likeness (QED) is 0.498. The molecule has 8 heteroatoms. The molecule has 3 aromatic rings. The van der Waals surface area contributed by atoms with Gasteiger partial charge in [0.1, 0.15) is 0 Å². The number of rotatable bonds is 7.